The maximum Gasteiger partial charge on any atom is 0.138 e. The first kappa shape index (κ1) is 15.8. The van der Waals surface area contributed by atoms with Crippen molar-refractivity contribution in [3.63, 3.8) is 0 Å². The van der Waals surface area contributed by atoms with Gasteiger partial charge in [-0.2, -0.15) is 5.26 Å². The first-order valence-corrected chi connectivity index (χ1v) is 7.59. The van der Waals surface area contributed by atoms with Gasteiger partial charge in [0.15, 0.2) is 0 Å². The van der Waals surface area contributed by atoms with Crippen molar-refractivity contribution in [2.45, 2.75) is 6.54 Å². The second-order valence-electron chi connectivity index (χ2n) is 4.24. The minimum Gasteiger partial charge on any atom is -0.495 e. The molecule has 3 nitrogen and oxygen atoms in total. The van der Waals surface area contributed by atoms with Crippen LogP contribution < -0.4 is 10.1 Å². The molecular formula is C15H11Br2FN2O. The van der Waals surface area contributed by atoms with E-state index in [-0.39, 0.29) is 5.56 Å². The summed E-state index contributed by atoms with van der Waals surface area (Å²) in [4.78, 5) is 0. The lowest BCUT2D eigenvalue weighted by Crippen LogP contribution is -2.04. The summed E-state index contributed by atoms with van der Waals surface area (Å²) in [6.07, 6.45) is 0. The Kier molecular flexibility index (Phi) is 5.21. The fourth-order valence-electron chi connectivity index (χ4n) is 1.93. The molecule has 0 aromatic heterocycles. The molecule has 0 unspecified atom stereocenters. The molecule has 0 atom stereocenters. The van der Waals surface area contributed by atoms with E-state index in [1.165, 1.54) is 12.1 Å². The zero-order valence-corrected chi connectivity index (χ0v) is 14.3. The van der Waals surface area contributed by atoms with Gasteiger partial charge in [0, 0.05) is 16.6 Å². The zero-order chi connectivity index (χ0) is 15.4. The van der Waals surface area contributed by atoms with Crippen molar-refractivity contribution >= 4 is 37.5 Å². The smallest absolute Gasteiger partial charge is 0.138 e. The third kappa shape index (κ3) is 3.74. The van der Waals surface area contributed by atoms with Crippen LogP contribution in [0.25, 0.3) is 0 Å². The molecular weight excluding hydrogens is 403 g/mol. The largest absolute Gasteiger partial charge is 0.495 e. The number of benzene rings is 2. The van der Waals surface area contributed by atoms with Crippen LogP contribution in [0.1, 0.15) is 11.1 Å². The second-order valence-corrected chi connectivity index (χ2v) is 6.01. The number of nitrogens with one attached hydrogen (secondary N) is 1. The molecule has 108 valence electrons. The number of halogens is 3. The predicted molar refractivity (Wildman–Crippen MR) is 86.8 cm³/mol. The van der Waals surface area contributed by atoms with Gasteiger partial charge in [-0.25, -0.2) is 4.39 Å². The minimum atomic E-state index is -0.431. The molecule has 0 radical (unpaired) electrons. The highest BCUT2D eigenvalue weighted by Gasteiger charge is 2.10. The van der Waals surface area contributed by atoms with Crippen LogP contribution in [0.5, 0.6) is 5.75 Å². The Morgan fingerprint density at radius 1 is 1.29 bits per heavy atom. The van der Waals surface area contributed by atoms with Crippen LogP contribution in [0.4, 0.5) is 10.1 Å². The summed E-state index contributed by atoms with van der Waals surface area (Å²) in [5.74, 6) is 0.284. The van der Waals surface area contributed by atoms with Crippen molar-refractivity contribution < 1.29 is 9.13 Å². The Morgan fingerprint density at radius 2 is 2.05 bits per heavy atom. The first-order chi connectivity index (χ1) is 10.0. The van der Waals surface area contributed by atoms with Crippen molar-refractivity contribution in [1.29, 1.82) is 5.26 Å². The van der Waals surface area contributed by atoms with Crippen molar-refractivity contribution in [2.75, 3.05) is 12.4 Å². The number of hydrogen-bond donors (Lipinski definition) is 1. The molecule has 0 saturated heterocycles. The Hall–Kier alpha value is -1.58. The summed E-state index contributed by atoms with van der Waals surface area (Å²) in [6, 6.07) is 9.85. The van der Waals surface area contributed by atoms with Crippen molar-refractivity contribution in [3.05, 3.63) is 56.2 Å². The van der Waals surface area contributed by atoms with Crippen LogP contribution in [0.3, 0.4) is 0 Å². The summed E-state index contributed by atoms with van der Waals surface area (Å²) in [5, 5.41) is 12.2. The maximum absolute atomic E-state index is 13.1. The Balaban J connectivity index is 2.27. The average molecular weight is 414 g/mol. The van der Waals surface area contributed by atoms with Gasteiger partial charge in [-0.1, -0.05) is 15.9 Å². The zero-order valence-electron chi connectivity index (χ0n) is 11.1. The number of nitriles is 1. The number of methoxy groups -OCH3 is 1. The lowest BCUT2D eigenvalue weighted by molar-refractivity contribution is 0.407. The predicted octanol–water partition coefficient (Wildman–Crippen LogP) is 4.84. The molecule has 0 aliphatic rings. The van der Waals surface area contributed by atoms with E-state index in [0.717, 1.165) is 14.5 Å². The van der Waals surface area contributed by atoms with Crippen LogP contribution >= 0.6 is 31.9 Å². The van der Waals surface area contributed by atoms with E-state index in [9.17, 15) is 4.39 Å². The first-order valence-electron chi connectivity index (χ1n) is 6.00. The minimum absolute atomic E-state index is 0.267. The van der Waals surface area contributed by atoms with Crippen molar-refractivity contribution in [1.82, 2.24) is 0 Å². The topological polar surface area (TPSA) is 45.0 Å². The van der Waals surface area contributed by atoms with Crippen molar-refractivity contribution in [3.8, 4) is 11.8 Å². The molecule has 0 aliphatic heterocycles. The molecule has 0 saturated carbocycles. The number of rotatable bonds is 4. The number of anilines is 1. The Bertz CT molecular complexity index is 714. The van der Waals surface area contributed by atoms with Gasteiger partial charge >= 0.3 is 0 Å². The molecule has 2 aromatic rings. The number of hydrogen-bond acceptors (Lipinski definition) is 3. The van der Waals surface area contributed by atoms with Crippen molar-refractivity contribution in [2.24, 2.45) is 0 Å². The fourth-order valence-corrected chi connectivity index (χ4v) is 3.40. The van der Waals surface area contributed by atoms with E-state index < -0.39 is 5.82 Å². The molecule has 0 bridgehead atoms. The molecule has 0 spiro atoms. The molecule has 2 aromatic carbocycles. The van der Waals surface area contributed by atoms with Crippen LogP contribution in [-0.4, -0.2) is 7.11 Å². The Morgan fingerprint density at radius 3 is 2.71 bits per heavy atom. The van der Waals surface area contributed by atoms with Gasteiger partial charge in [0.2, 0.25) is 0 Å². The SMILES string of the molecule is COc1c(Br)cc(Br)cc1CNc1ccc(F)cc1C#N. The highest BCUT2D eigenvalue weighted by molar-refractivity contribution is 9.11. The molecule has 21 heavy (non-hydrogen) atoms. The summed E-state index contributed by atoms with van der Waals surface area (Å²) in [6.45, 7) is 0.446. The number of nitrogens with zero attached hydrogens (tertiary/aromatic N) is 1. The monoisotopic (exact) mass is 412 g/mol. The highest BCUT2D eigenvalue weighted by Crippen LogP contribution is 2.33. The quantitative estimate of drug-likeness (QED) is 0.779. The van der Waals surface area contributed by atoms with E-state index in [0.29, 0.717) is 18.0 Å². The molecule has 0 aliphatic carbocycles. The van der Waals surface area contributed by atoms with Gasteiger partial charge in [-0.15, -0.1) is 0 Å². The van der Waals surface area contributed by atoms with Gasteiger partial charge in [0.05, 0.1) is 22.8 Å². The third-order valence-corrected chi connectivity index (χ3v) is 3.91. The fraction of sp³-hybridized carbons (Fsp3) is 0.133. The number of ether oxygens (including phenoxy) is 1. The van der Waals surface area contributed by atoms with Gasteiger partial charge in [0.1, 0.15) is 17.6 Å². The molecule has 2 rings (SSSR count). The summed E-state index contributed by atoms with van der Waals surface area (Å²) < 4.78 is 20.2. The van der Waals surface area contributed by atoms with Crippen LogP contribution in [-0.2, 0) is 6.54 Å². The van der Waals surface area contributed by atoms with Gasteiger partial charge in [0.25, 0.3) is 0 Å². The molecule has 6 heteroatoms. The second kappa shape index (κ2) is 6.92. The van der Waals surface area contributed by atoms with Gasteiger partial charge in [-0.05, 0) is 46.3 Å². The third-order valence-electron chi connectivity index (χ3n) is 2.86. The van der Waals surface area contributed by atoms with E-state index >= 15 is 0 Å². The molecule has 1 N–H and O–H groups in total. The molecule has 0 fully saturated rings. The van der Waals surface area contributed by atoms with Crippen LogP contribution in [0.15, 0.2) is 39.3 Å². The van der Waals surface area contributed by atoms with E-state index in [1.54, 1.807) is 13.2 Å². The van der Waals surface area contributed by atoms with E-state index in [2.05, 4.69) is 37.2 Å². The lowest BCUT2D eigenvalue weighted by Gasteiger charge is -2.13. The van der Waals surface area contributed by atoms with E-state index in [1.807, 2.05) is 18.2 Å². The highest BCUT2D eigenvalue weighted by atomic mass is 79.9. The normalized spacial score (nSPS) is 10.0. The average Bonchev–Trinajstić information content (AvgIpc) is 2.45. The van der Waals surface area contributed by atoms with Crippen LogP contribution in [0, 0.1) is 17.1 Å². The summed E-state index contributed by atoms with van der Waals surface area (Å²) >= 11 is 6.86. The summed E-state index contributed by atoms with van der Waals surface area (Å²) in [7, 11) is 1.59. The Labute approximate surface area is 139 Å². The molecule has 0 amide bonds. The maximum atomic E-state index is 13.1. The van der Waals surface area contributed by atoms with Gasteiger partial charge in [-0.3, -0.25) is 0 Å². The lowest BCUT2D eigenvalue weighted by atomic mass is 10.1. The van der Waals surface area contributed by atoms with Gasteiger partial charge < -0.3 is 10.1 Å². The molecule has 0 heterocycles. The van der Waals surface area contributed by atoms with Crippen LogP contribution in [0.2, 0.25) is 0 Å². The summed E-state index contributed by atoms with van der Waals surface area (Å²) in [5.41, 5.74) is 1.76. The standard InChI is InChI=1S/C15H11Br2FN2O/c1-21-15-10(4-11(16)6-13(15)17)8-20-14-3-2-12(18)5-9(14)7-19/h2-6,20H,8H2,1H3. The van der Waals surface area contributed by atoms with E-state index in [4.69, 9.17) is 10.00 Å².